The maximum Gasteiger partial charge on any atom is 0.333 e. The van der Waals surface area contributed by atoms with Crippen LogP contribution < -0.4 is 9.47 Å². The first kappa shape index (κ1) is 38.6. The van der Waals surface area contributed by atoms with Crippen LogP contribution in [-0.2, 0) is 29.2 Å². The summed E-state index contributed by atoms with van der Waals surface area (Å²) in [7, 11) is -4.56. The molecule has 48 heavy (non-hydrogen) atoms. The van der Waals surface area contributed by atoms with Crippen LogP contribution in [0.3, 0.4) is 0 Å². The molecule has 2 atom stereocenters. The molecule has 0 radical (unpaired) electrons. The Hall–Kier alpha value is -3.89. The van der Waals surface area contributed by atoms with E-state index in [1.807, 2.05) is 24.3 Å². The molecule has 0 aliphatic rings. The molecule has 0 aromatic heterocycles. The second-order valence-electron chi connectivity index (χ2n) is 12.3. The number of carbonyl (C=O) groups excluding carboxylic acids is 2. The van der Waals surface area contributed by atoms with E-state index in [0.717, 1.165) is 51.4 Å². The lowest BCUT2D eigenvalue weighted by Crippen LogP contribution is -2.26. The molecule has 0 fully saturated rings. The third-order valence-electron chi connectivity index (χ3n) is 8.03. The fraction of sp³-hybridized carbons (Fsp3) is 0.474. The molecule has 0 aliphatic heterocycles. The van der Waals surface area contributed by atoms with Gasteiger partial charge in [0, 0.05) is 32.7 Å². The summed E-state index contributed by atoms with van der Waals surface area (Å²) in [5.41, 5.74) is 0.572. The highest BCUT2D eigenvalue weighted by Crippen LogP contribution is 2.44. The summed E-state index contributed by atoms with van der Waals surface area (Å²) in [6, 6.07) is 11.6. The smallest absolute Gasteiger partial charge is 0.333 e. The molecule has 3 aromatic rings. The molecule has 10 heteroatoms. The number of esters is 2. The molecular formula is C38H50O9S. The molecule has 2 unspecified atom stereocenters. The van der Waals surface area contributed by atoms with Gasteiger partial charge in [0.05, 0.1) is 4.90 Å². The Morgan fingerprint density at radius 1 is 0.688 bits per heavy atom. The van der Waals surface area contributed by atoms with Crippen LogP contribution >= 0.6 is 0 Å². The third kappa shape index (κ3) is 11.1. The lowest BCUT2D eigenvalue weighted by Gasteiger charge is -2.23. The van der Waals surface area contributed by atoms with Gasteiger partial charge in [0.1, 0.15) is 36.9 Å². The molecule has 0 heterocycles. The molecular weight excluding hydrogens is 632 g/mol. The molecule has 0 spiro atoms. The van der Waals surface area contributed by atoms with Crippen molar-refractivity contribution in [3.8, 4) is 11.5 Å². The Morgan fingerprint density at radius 3 is 1.54 bits per heavy atom. The van der Waals surface area contributed by atoms with E-state index in [1.165, 1.54) is 12.1 Å². The highest BCUT2D eigenvalue weighted by atomic mass is 32.2. The van der Waals surface area contributed by atoms with E-state index >= 15 is 0 Å². The van der Waals surface area contributed by atoms with E-state index in [2.05, 4.69) is 27.0 Å². The second-order valence-corrected chi connectivity index (χ2v) is 13.7. The number of ether oxygens (including phenoxy) is 4. The van der Waals surface area contributed by atoms with E-state index < -0.39 is 34.3 Å². The average molecular weight is 683 g/mol. The van der Waals surface area contributed by atoms with Crippen molar-refractivity contribution >= 4 is 43.6 Å². The summed E-state index contributed by atoms with van der Waals surface area (Å²) in [4.78, 5) is 24.6. The van der Waals surface area contributed by atoms with E-state index in [0.29, 0.717) is 51.5 Å². The summed E-state index contributed by atoms with van der Waals surface area (Å²) in [5, 5.41) is 2.23. The minimum atomic E-state index is -4.56. The van der Waals surface area contributed by atoms with Crippen LogP contribution in [0.2, 0.25) is 0 Å². The second kappa shape index (κ2) is 18.6. The first-order valence-corrected chi connectivity index (χ1v) is 18.3. The maximum atomic E-state index is 12.5. The Kier molecular flexibility index (Phi) is 14.9. The van der Waals surface area contributed by atoms with Crippen molar-refractivity contribution in [1.82, 2.24) is 0 Å². The van der Waals surface area contributed by atoms with Crippen LogP contribution in [0.15, 0.2) is 71.7 Å². The summed E-state index contributed by atoms with van der Waals surface area (Å²) in [5.74, 6) is -0.201. The van der Waals surface area contributed by atoms with Gasteiger partial charge in [-0.25, -0.2) is 9.59 Å². The number of unbranched alkanes of at least 4 members (excludes halogenated alkanes) is 6. The van der Waals surface area contributed by atoms with Gasteiger partial charge < -0.3 is 18.9 Å². The van der Waals surface area contributed by atoms with Crippen molar-refractivity contribution in [1.29, 1.82) is 0 Å². The zero-order valence-electron chi connectivity index (χ0n) is 28.7. The van der Waals surface area contributed by atoms with E-state index in [4.69, 9.17) is 18.9 Å². The summed E-state index contributed by atoms with van der Waals surface area (Å²) < 4.78 is 58.7. The zero-order chi connectivity index (χ0) is 35.3. The van der Waals surface area contributed by atoms with Crippen LogP contribution in [0.4, 0.5) is 0 Å². The Bertz CT molecular complexity index is 1690. The first-order chi connectivity index (χ1) is 22.9. The quantitative estimate of drug-likeness (QED) is 0.0385. The number of carbonyl (C=O) groups is 2. The van der Waals surface area contributed by atoms with Gasteiger partial charge in [-0.3, -0.25) is 4.55 Å². The number of rotatable bonds is 21. The molecule has 0 saturated heterocycles. The third-order valence-corrected chi connectivity index (χ3v) is 8.87. The van der Waals surface area contributed by atoms with E-state index in [-0.39, 0.29) is 23.7 Å². The fourth-order valence-corrected chi connectivity index (χ4v) is 5.86. The molecule has 1 N–H and O–H groups in total. The maximum absolute atomic E-state index is 12.5. The van der Waals surface area contributed by atoms with Crippen molar-refractivity contribution in [2.75, 3.05) is 13.2 Å². The Balaban J connectivity index is 2.08. The first-order valence-electron chi connectivity index (χ1n) is 16.8. The fourth-order valence-electron chi connectivity index (χ4n) is 5.36. The summed E-state index contributed by atoms with van der Waals surface area (Å²) in [6.45, 7) is 14.9. The molecule has 3 rings (SSSR count). The van der Waals surface area contributed by atoms with Crippen molar-refractivity contribution in [2.24, 2.45) is 0 Å². The van der Waals surface area contributed by atoms with Gasteiger partial charge >= 0.3 is 11.9 Å². The summed E-state index contributed by atoms with van der Waals surface area (Å²) in [6.07, 6.45) is 8.00. The van der Waals surface area contributed by atoms with E-state index in [9.17, 15) is 22.6 Å². The monoisotopic (exact) mass is 682 g/mol. The number of hydrogen-bond donors (Lipinski definition) is 1. The number of benzene rings is 3. The molecule has 0 bridgehead atoms. The van der Waals surface area contributed by atoms with Crippen LogP contribution in [0, 0.1) is 0 Å². The van der Waals surface area contributed by atoms with Gasteiger partial charge in [0.25, 0.3) is 10.1 Å². The molecule has 3 aromatic carbocycles. The number of fused-ring (bicyclic) bond motifs is 2. The van der Waals surface area contributed by atoms with Crippen molar-refractivity contribution in [3.63, 3.8) is 0 Å². The minimum absolute atomic E-state index is 0.0111. The highest BCUT2D eigenvalue weighted by Gasteiger charge is 2.23. The normalized spacial score (nSPS) is 12.8. The zero-order valence-corrected chi connectivity index (χ0v) is 29.5. The van der Waals surface area contributed by atoms with Crippen molar-refractivity contribution < 1.29 is 41.5 Å². The molecule has 0 amide bonds. The van der Waals surface area contributed by atoms with Gasteiger partial charge in [-0.1, -0.05) is 89.8 Å². The largest absolute Gasteiger partial charge is 0.488 e. The topological polar surface area (TPSA) is 125 Å². The van der Waals surface area contributed by atoms with Crippen LogP contribution in [0.5, 0.6) is 11.5 Å². The van der Waals surface area contributed by atoms with Crippen LogP contribution in [-0.4, -0.2) is 50.3 Å². The van der Waals surface area contributed by atoms with Gasteiger partial charge in [0.2, 0.25) is 0 Å². The SMILES string of the molecule is C=C(C)C(=O)OC(CCCCCC)COc1c2ccccc2c(OCC(CCCCCC)OC(=O)C(=C)C)c2cc(S(=O)(=O)O)ccc12. The minimum Gasteiger partial charge on any atom is -0.488 e. The predicted molar refractivity (Wildman–Crippen MR) is 189 cm³/mol. The van der Waals surface area contributed by atoms with Gasteiger partial charge in [-0.2, -0.15) is 8.42 Å². The highest BCUT2D eigenvalue weighted by molar-refractivity contribution is 7.85. The lowest BCUT2D eigenvalue weighted by atomic mass is 10.0. The summed E-state index contributed by atoms with van der Waals surface area (Å²) >= 11 is 0. The lowest BCUT2D eigenvalue weighted by molar-refractivity contribution is -0.147. The molecule has 262 valence electrons. The van der Waals surface area contributed by atoms with Crippen molar-refractivity contribution in [2.45, 2.75) is 109 Å². The van der Waals surface area contributed by atoms with Gasteiger partial charge in [-0.15, -0.1) is 0 Å². The van der Waals surface area contributed by atoms with Gasteiger partial charge in [0.15, 0.2) is 0 Å². The number of hydrogen-bond acceptors (Lipinski definition) is 8. The van der Waals surface area contributed by atoms with Crippen molar-refractivity contribution in [3.05, 3.63) is 66.8 Å². The van der Waals surface area contributed by atoms with Crippen LogP contribution in [0.1, 0.15) is 91.9 Å². The van der Waals surface area contributed by atoms with Gasteiger partial charge in [-0.05, 0) is 57.7 Å². The predicted octanol–water partition coefficient (Wildman–Crippen LogP) is 8.91. The average Bonchev–Trinajstić information content (AvgIpc) is 3.05. The van der Waals surface area contributed by atoms with E-state index in [1.54, 1.807) is 19.9 Å². The standard InChI is InChI=1S/C38H50O9S/c1-7-9-11-13-17-28(46-37(39)26(3)4)24-44-35-31-19-15-16-20-32(31)36(34-23-30(48(41,42)43)21-22-33(34)35)45-25-29(18-14-12-10-8-2)47-38(40)27(5)6/h15-16,19-23,28-29H,3,5,7-14,17-18,24-25H2,1-2,4,6H3,(H,41,42,43). The Labute approximate surface area is 285 Å². The Morgan fingerprint density at radius 2 is 1.12 bits per heavy atom. The molecule has 0 saturated carbocycles. The van der Waals surface area contributed by atoms with Crippen LogP contribution in [0.25, 0.3) is 21.5 Å². The molecule has 9 nitrogen and oxygen atoms in total. The molecule has 0 aliphatic carbocycles.